The molecule has 1 N–H and O–H groups in total. The Kier molecular flexibility index (Phi) is 4.91. The van der Waals surface area contributed by atoms with Gasteiger partial charge in [0.25, 0.3) is 0 Å². The average Bonchev–Trinajstić information content (AvgIpc) is 2.22. The highest BCUT2D eigenvalue weighted by molar-refractivity contribution is 9.10. The molecular formula is C13H18BrNOS. The Balaban J connectivity index is 1.95. The van der Waals surface area contributed by atoms with Crippen molar-refractivity contribution in [2.24, 2.45) is 0 Å². The molecular weight excluding hydrogens is 298 g/mol. The van der Waals surface area contributed by atoms with Gasteiger partial charge in [-0.25, -0.2) is 0 Å². The third-order valence-corrected chi connectivity index (χ3v) is 4.51. The van der Waals surface area contributed by atoms with E-state index >= 15 is 0 Å². The molecule has 0 bridgehead atoms. The maximum atomic E-state index is 5.18. The minimum absolute atomic E-state index is 0.517. The van der Waals surface area contributed by atoms with Crippen molar-refractivity contribution >= 4 is 27.7 Å². The van der Waals surface area contributed by atoms with Crippen LogP contribution in [0.2, 0.25) is 0 Å². The van der Waals surface area contributed by atoms with Crippen LogP contribution in [0.5, 0.6) is 0 Å². The van der Waals surface area contributed by atoms with Crippen molar-refractivity contribution < 1.29 is 4.74 Å². The van der Waals surface area contributed by atoms with Gasteiger partial charge in [-0.2, -0.15) is 0 Å². The normalized spacial score (nSPS) is 16.2. The van der Waals surface area contributed by atoms with Crippen LogP contribution in [0, 0.1) is 0 Å². The lowest BCUT2D eigenvalue weighted by Gasteiger charge is -2.25. The first-order valence-corrected chi connectivity index (χ1v) is 7.58. The highest BCUT2D eigenvalue weighted by Gasteiger charge is 2.19. The second-order valence-electron chi connectivity index (χ2n) is 4.57. The quantitative estimate of drug-likeness (QED) is 0.899. The van der Waals surface area contributed by atoms with Crippen molar-refractivity contribution in [3.05, 3.63) is 28.2 Å². The van der Waals surface area contributed by atoms with Crippen LogP contribution in [0.25, 0.3) is 0 Å². The molecule has 1 aromatic rings. The lowest BCUT2D eigenvalue weighted by Crippen LogP contribution is -2.30. The molecule has 0 radical (unpaired) electrons. The fraction of sp³-hybridized carbons (Fsp3) is 0.538. The number of nitrogens with one attached hydrogen (secondary N) is 1. The Morgan fingerprint density at radius 2 is 2.24 bits per heavy atom. The van der Waals surface area contributed by atoms with Crippen molar-refractivity contribution in [3.63, 3.8) is 0 Å². The van der Waals surface area contributed by atoms with E-state index in [1.807, 2.05) is 11.8 Å². The fourth-order valence-electron chi connectivity index (χ4n) is 1.53. The largest absolute Gasteiger partial charge is 0.379 e. The Bertz CT molecular complexity index is 380. The average molecular weight is 316 g/mol. The number of thioether (sulfide) groups is 1. The summed E-state index contributed by atoms with van der Waals surface area (Å²) < 4.78 is 6.37. The van der Waals surface area contributed by atoms with Crippen LogP contribution < -0.4 is 5.32 Å². The zero-order valence-corrected chi connectivity index (χ0v) is 12.6. The van der Waals surface area contributed by atoms with Crippen LogP contribution in [0.3, 0.4) is 0 Å². The van der Waals surface area contributed by atoms with Crippen molar-refractivity contribution in [2.45, 2.75) is 36.6 Å². The molecule has 1 saturated heterocycles. The number of hydrogen-bond donors (Lipinski definition) is 1. The first kappa shape index (κ1) is 13.4. The molecule has 0 aliphatic carbocycles. The highest BCUT2D eigenvalue weighted by atomic mass is 79.9. The van der Waals surface area contributed by atoms with Gasteiger partial charge < -0.3 is 10.1 Å². The second kappa shape index (κ2) is 6.23. The summed E-state index contributed by atoms with van der Waals surface area (Å²) >= 11 is 5.54. The molecule has 1 aliphatic heterocycles. The smallest absolute Gasteiger partial charge is 0.0611 e. The fourth-order valence-corrected chi connectivity index (χ4v) is 3.25. The molecule has 0 amide bonds. The first-order chi connectivity index (χ1) is 8.15. The van der Waals surface area contributed by atoms with E-state index in [0.29, 0.717) is 11.3 Å². The van der Waals surface area contributed by atoms with Gasteiger partial charge in [0, 0.05) is 22.0 Å². The minimum Gasteiger partial charge on any atom is -0.379 e. The van der Waals surface area contributed by atoms with Crippen LogP contribution in [0.4, 0.5) is 0 Å². The van der Waals surface area contributed by atoms with Gasteiger partial charge in [-0.3, -0.25) is 0 Å². The number of benzene rings is 1. The van der Waals surface area contributed by atoms with Crippen molar-refractivity contribution in [1.29, 1.82) is 0 Å². The van der Waals surface area contributed by atoms with Crippen LogP contribution in [-0.4, -0.2) is 24.5 Å². The number of halogens is 1. The second-order valence-corrected chi connectivity index (χ2v) is 6.79. The van der Waals surface area contributed by atoms with E-state index in [-0.39, 0.29) is 0 Å². The summed E-state index contributed by atoms with van der Waals surface area (Å²) in [6.07, 6.45) is 0. The highest BCUT2D eigenvalue weighted by Crippen LogP contribution is 2.31. The van der Waals surface area contributed by atoms with Gasteiger partial charge in [-0.15, -0.1) is 11.8 Å². The van der Waals surface area contributed by atoms with E-state index in [0.717, 1.165) is 19.8 Å². The zero-order valence-electron chi connectivity index (χ0n) is 10.2. The minimum atomic E-state index is 0.517. The Morgan fingerprint density at radius 1 is 1.47 bits per heavy atom. The molecule has 1 aromatic carbocycles. The van der Waals surface area contributed by atoms with E-state index in [1.54, 1.807) is 0 Å². The van der Waals surface area contributed by atoms with Gasteiger partial charge in [0.2, 0.25) is 0 Å². The molecule has 0 saturated carbocycles. The summed E-state index contributed by atoms with van der Waals surface area (Å²) in [6.45, 7) is 7.01. The van der Waals surface area contributed by atoms with Gasteiger partial charge >= 0.3 is 0 Å². The third kappa shape index (κ3) is 3.98. The Hall–Kier alpha value is -0.0300. The van der Waals surface area contributed by atoms with Gasteiger partial charge in [0.15, 0.2) is 0 Å². The van der Waals surface area contributed by atoms with Crippen LogP contribution in [-0.2, 0) is 11.3 Å². The van der Waals surface area contributed by atoms with Crippen molar-refractivity contribution in [3.8, 4) is 0 Å². The van der Waals surface area contributed by atoms with E-state index in [4.69, 9.17) is 4.74 Å². The number of ether oxygens (including phenoxy) is 1. The van der Waals surface area contributed by atoms with E-state index < -0.39 is 0 Å². The molecule has 1 fully saturated rings. The molecule has 2 rings (SSSR count). The van der Waals surface area contributed by atoms with E-state index in [9.17, 15) is 0 Å². The van der Waals surface area contributed by atoms with Gasteiger partial charge in [-0.1, -0.05) is 35.8 Å². The first-order valence-electron chi connectivity index (χ1n) is 5.91. The van der Waals surface area contributed by atoms with Crippen LogP contribution in [0.15, 0.2) is 27.6 Å². The maximum absolute atomic E-state index is 5.18. The predicted molar refractivity (Wildman–Crippen MR) is 76.6 cm³/mol. The van der Waals surface area contributed by atoms with E-state index in [1.165, 1.54) is 14.9 Å². The Labute approximate surface area is 116 Å². The summed E-state index contributed by atoms with van der Waals surface area (Å²) in [5.41, 5.74) is 1.31. The number of rotatable bonds is 5. The molecule has 0 unspecified atom stereocenters. The molecule has 1 aliphatic rings. The molecule has 0 aromatic heterocycles. The summed E-state index contributed by atoms with van der Waals surface area (Å²) in [5.74, 6) is 0. The molecule has 1 heterocycles. The maximum Gasteiger partial charge on any atom is 0.0611 e. The summed E-state index contributed by atoms with van der Waals surface area (Å²) in [4.78, 5) is 1.32. The molecule has 4 heteroatoms. The van der Waals surface area contributed by atoms with Crippen molar-refractivity contribution in [2.75, 3.05) is 13.2 Å². The lowest BCUT2D eigenvalue weighted by molar-refractivity contribution is 0.0455. The van der Waals surface area contributed by atoms with Gasteiger partial charge in [-0.05, 0) is 17.7 Å². The summed E-state index contributed by atoms with van der Waals surface area (Å²) in [5, 5.41) is 4.07. The SMILES string of the molecule is CC(C)NCc1ccc(SC2COC2)cc1Br. The Morgan fingerprint density at radius 3 is 2.76 bits per heavy atom. The molecule has 2 nitrogen and oxygen atoms in total. The molecule has 0 spiro atoms. The molecule has 17 heavy (non-hydrogen) atoms. The van der Waals surface area contributed by atoms with Crippen LogP contribution in [0.1, 0.15) is 19.4 Å². The summed E-state index contributed by atoms with van der Waals surface area (Å²) in [6, 6.07) is 7.12. The topological polar surface area (TPSA) is 21.3 Å². The third-order valence-electron chi connectivity index (χ3n) is 2.64. The lowest BCUT2D eigenvalue weighted by atomic mass is 10.2. The molecule has 94 valence electrons. The van der Waals surface area contributed by atoms with Crippen molar-refractivity contribution in [1.82, 2.24) is 5.32 Å². The summed E-state index contributed by atoms with van der Waals surface area (Å²) in [7, 11) is 0. The van der Waals surface area contributed by atoms with E-state index in [2.05, 4.69) is 53.3 Å². The monoisotopic (exact) mass is 315 g/mol. The molecule has 0 atom stereocenters. The van der Waals surface area contributed by atoms with Crippen LogP contribution >= 0.6 is 27.7 Å². The predicted octanol–water partition coefficient (Wildman–Crippen LogP) is 3.44. The van der Waals surface area contributed by atoms with Gasteiger partial charge in [0.1, 0.15) is 0 Å². The number of hydrogen-bond acceptors (Lipinski definition) is 3. The standard InChI is InChI=1S/C13H18BrNOS/c1-9(2)15-6-10-3-4-11(5-13(10)14)17-12-7-16-8-12/h3-5,9,12,15H,6-8H2,1-2H3. The zero-order chi connectivity index (χ0) is 12.3. The van der Waals surface area contributed by atoms with Gasteiger partial charge in [0.05, 0.1) is 18.5 Å².